The van der Waals surface area contributed by atoms with Crippen molar-refractivity contribution in [3.05, 3.63) is 46.8 Å². The zero-order chi connectivity index (χ0) is 22.7. The van der Waals surface area contributed by atoms with Gasteiger partial charge in [0.25, 0.3) is 5.91 Å². The maximum absolute atomic E-state index is 12.9. The Bertz CT molecular complexity index is 1020. The van der Waals surface area contributed by atoms with Crippen LogP contribution in [0.2, 0.25) is 0 Å². The van der Waals surface area contributed by atoms with E-state index in [-0.39, 0.29) is 11.5 Å². The van der Waals surface area contributed by atoms with Crippen LogP contribution >= 0.6 is 0 Å². The highest BCUT2D eigenvalue weighted by atomic mass is 16.2. The van der Waals surface area contributed by atoms with Crippen LogP contribution in [-0.2, 0) is 6.54 Å². The Balaban J connectivity index is 2.01. The second-order valence-corrected chi connectivity index (χ2v) is 10.4. The van der Waals surface area contributed by atoms with E-state index >= 15 is 0 Å². The Morgan fingerprint density at radius 3 is 2.06 bits per heavy atom. The summed E-state index contributed by atoms with van der Waals surface area (Å²) in [6.45, 7) is 11.7. The molecule has 1 aliphatic carbocycles. The van der Waals surface area contributed by atoms with E-state index in [1.165, 1.54) is 11.3 Å². The summed E-state index contributed by atoms with van der Waals surface area (Å²) in [7, 11) is 0. The van der Waals surface area contributed by atoms with Crippen molar-refractivity contribution < 1.29 is 9.59 Å². The summed E-state index contributed by atoms with van der Waals surface area (Å²) in [5.41, 5.74) is 17.3. The first kappa shape index (κ1) is 21.5. The molecule has 166 valence electrons. The van der Waals surface area contributed by atoms with E-state index in [0.29, 0.717) is 30.5 Å². The Morgan fingerprint density at radius 2 is 1.61 bits per heavy atom. The lowest BCUT2D eigenvalue weighted by Crippen LogP contribution is -2.49. The standard InChI is InChI=1S/C25H34N4O2/c1-14(2)15-6-8-16(9-7-15)18-19(23(26)30)21-22(25(3,4)5)29(24(27)31)13-12-28(21)20(18)17-10-11-17/h6-9,14,17,22H,10-13H2,1-5H3,(H2,26,30)(H2,27,31). The number of fused-ring (bicyclic) bond motifs is 1. The topological polar surface area (TPSA) is 94.3 Å². The molecule has 6 heteroatoms. The summed E-state index contributed by atoms with van der Waals surface area (Å²) in [5.74, 6) is 0.413. The van der Waals surface area contributed by atoms with Crippen LogP contribution in [-0.4, -0.2) is 28.0 Å². The van der Waals surface area contributed by atoms with E-state index in [1.807, 2.05) is 0 Å². The number of nitrogens with zero attached hydrogens (tertiary/aromatic N) is 2. The molecule has 31 heavy (non-hydrogen) atoms. The number of benzene rings is 1. The summed E-state index contributed by atoms with van der Waals surface area (Å²) in [6.07, 6.45) is 2.22. The van der Waals surface area contributed by atoms with Crippen molar-refractivity contribution >= 4 is 11.9 Å². The van der Waals surface area contributed by atoms with E-state index in [0.717, 1.165) is 29.7 Å². The summed E-state index contributed by atoms with van der Waals surface area (Å²) in [4.78, 5) is 27.0. The molecule has 0 bridgehead atoms. The van der Waals surface area contributed by atoms with Gasteiger partial charge in [0.1, 0.15) is 0 Å². The maximum Gasteiger partial charge on any atom is 0.315 e. The van der Waals surface area contributed by atoms with Gasteiger partial charge in [0.15, 0.2) is 0 Å². The fourth-order valence-corrected chi connectivity index (χ4v) is 5.14. The Kier molecular flexibility index (Phi) is 5.15. The third-order valence-electron chi connectivity index (χ3n) is 6.66. The molecule has 1 aliphatic heterocycles. The lowest BCUT2D eigenvalue weighted by Gasteiger charge is -2.44. The summed E-state index contributed by atoms with van der Waals surface area (Å²) >= 11 is 0. The number of urea groups is 1. The van der Waals surface area contributed by atoms with Gasteiger partial charge >= 0.3 is 6.03 Å². The number of carbonyl (C=O) groups is 2. The SMILES string of the molecule is CC(C)c1ccc(-c2c(C(N)=O)c3n(c2C2CC2)CCN(C(N)=O)C3C(C)(C)C)cc1. The highest BCUT2D eigenvalue weighted by Crippen LogP contribution is 2.52. The van der Waals surface area contributed by atoms with Gasteiger partial charge in [-0.15, -0.1) is 0 Å². The Morgan fingerprint density at radius 1 is 1.00 bits per heavy atom. The molecule has 0 spiro atoms. The number of aromatic nitrogens is 1. The molecule has 2 aromatic rings. The zero-order valence-electron chi connectivity index (χ0n) is 19.2. The Labute approximate surface area is 184 Å². The first-order valence-corrected chi connectivity index (χ1v) is 11.2. The molecule has 1 aromatic heterocycles. The molecule has 1 fully saturated rings. The average Bonchev–Trinajstić information content (AvgIpc) is 3.46. The average molecular weight is 423 g/mol. The highest BCUT2D eigenvalue weighted by molar-refractivity contribution is 6.03. The first-order chi connectivity index (χ1) is 14.5. The van der Waals surface area contributed by atoms with Crippen molar-refractivity contribution in [2.24, 2.45) is 16.9 Å². The van der Waals surface area contributed by atoms with Crippen molar-refractivity contribution in [2.45, 2.75) is 71.9 Å². The molecular weight excluding hydrogens is 388 g/mol. The molecule has 6 nitrogen and oxygen atoms in total. The first-order valence-electron chi connectivity index (χ1n) is 11.2. The fourth-order valence-electron chi connectivity index (χ4n) is 5.14. The van der Waals surface area contributed by atoms with Gasteiger partial charge in [-0.05, 0) is 41.2 Å². The number of carbonyl (C=O) groups excluding carboxylic acids is 2. The quantitative estimate of drug-likeness (QED) is 0.745. The monoisotopic (exact) mass is 422 g/mol. The van der Waals surface area contributed by atoms with Crippen molar-refractivity contribution in [1.29, 1.82) is 0 Å². The van der Waals surface area contributed by atoms with Crippen LogP contribution < -0.4 is 11.5 Å². The van der Waals surface area contributed by atoms with Gasteiger partial charge in [0, 0.05) is 24.3 Å². The van der Waals surface area contributed by atoms with E-state index in [2.05, 4.69) is 63.5 Å². The van der Waals surface area contributed by atoms with Crippen LogP contribution in [0.1, 0.15) is 92.6 Å². The molecule has 2 aliphatic rings. The number of hydrogen-bond acceptors (Lipinski definition) is 2. The maximum atomic E-state index is 12.9. The molecule has 1 atom stereocenters. The molecule has 3 amide bonds. The number of rotatable bonds is 4. The lowest BCUT2D eigenvalue weighted by molar-refractivity contribution is 0.0915. The molecule has 2 heterocycles. The van der Waals surface area contributed by atoms with Gasteiger partial charge in [-0.1, -0.05) is 58.9 Å². The van der Waals surface area contributed by atoms with Gasteiger partial charge in [-0.3, -0.25) is 4.79 Å². The third-order valence-corrected chi connectivity index (χ3v) is 6.66. The normalized spacial score (nSPS) is 18.9. The third kappa shape index (κ3) is 3.62. The zero-order valence-corrected chi connectivity index (χ0v) is 19.2. The van der Waals surface area contributed by atoms with E-state index in [4.69, 9.17) is 11.5 Å². The van der Waals surface area contributed by atoms with Gasteiger partial charge < -0.3 is 20.9 Å². The van der Waals surface area contributed by atoms with Crippen LogP contribution in [0.4, 0.5) is 4.79 Å². The summed E-state index contributed by atoms with van der Waals surface area (Å²) in [5, 5.41) is 0. The van der Waals surface area contributed by atoms with Gasteiger partial charge in [-0.2, -0.15) is 0 Å². The van der Waals surface area contributed by atoms with Gasteiger partial charge in [0.2, 0.25) is 0 Å². The van der Waals surface area contributed by atoms with Gasteiger partial charge in [-0.25, -0.2) is 4.79 Å². The number of primary amides is 2. The molecule has 4 rings (SSSR count). The molecule has 0 saturated heterocycles. The minimum Gasteiger partial charge on any atom is -0.366 e. The van der Waals surface area contributed by atoms with Crippen molar-refractivity contribution in [1.82, 2.24) is 9.47 Å². The van der Waals surface area contributed by atoms with Gasteiger partial charge in [0.05, 0.1) is 17.3 Å². The van der Waals surface area contributed by atoms with Crippen molar-refractivity contribution in [3.63, 3.8) is 0 Å². The lowest BCUT2D eigenvalue weighted by atomic mass is 9.81. The molecule has 0 radical (unpaired) electrons. The predicted molar refractivity (Wildman–Crippen MR) is 123 cm³/mol. The highest BCUT2D eigenvalue weighted by Gasteiger charge is 2.45. The second kappa shape index (κ2) is 7.43. The van der Waals surface area contributed by atoms with Crippen LogP contribution in [0, 0.1) is 5.41 Å². The largest absolute Gasteiger partial charge is 0.366 e. The fraction of sp³-hybridized carbons (Fsp3) is 0.520. The summed E-state index contributed by atoms with van der Waals surface area (Å²) < 4.78 is 2.28. The number of nitrogens with two attached hydrogens (primary N) is 2. The Hall–Kier alpha value is -2.76. The minimum atomic E-state index is -0.460. The number of amides is 3. The van der Waals surface area contributed by atoms with E-state index in [9.17, 15) is 9.59 Å². The minimum absolute atomic E-state index is 0.310. The molecule has 1 saturated carbocycles. The molecule has 4 N–H and O–H groups in total. The van der Waals surface area contributed by atoms with Crippen LogP contribution in [0.3, 0.4) is 0 Å². The van der Waals surface area contributed by atoms with Crippen molar-refractivity contribution in [2.75, 3.05) is 6.54 Å². The van der Waals surface area contributed by atoms with E-state index in [1.54, 1.807) is 4.90 Å². The van der Waals surface area contributed by atoms with Crippen molar-refractivity contribution in [3.8, 4) is 11.1 Å². The molecular formula is C25H34N4O2. The van der Waals surface area contributed by atoms with Crippen LogP contribution in [0.25, 0.3) is 11.1 Å². The predicted octanol–water partition coefficient (Wildman–Crippen LogP) is 4.74. The molecule has 1 aromatic carbocycles. The molecule has 1 unspecified atom stereocenters. The second-order valence-electron chi connectivity index (χ2n) is 10.4. The van der Waals surface area contributed by atoms with E-state index < -0.39 is 11.9 Å². The smallest absolute Gasteiger partial charge is 0.315 e. The number of hydrogen-bond donors (Lipinski definition) is 2. The summed E-state index contributed by atoms with van der Waals surface area (Å²) in [6, 6.07) is 7.70. The van der Waals surface area contributed by atoms with Crippen LogP contribution in [0.5, 0.6) is 0 Å². The van der Waals surface area contributed by atoms with Crippen LogP contribution in [0.15, 0.2) is 24.3 Å².